The fraction of sp³-hybridized carbons (Fsp3) is 0.133. The van der Waals surface area contributed by atoms with Crippen LogP contribution in [-0.2, 0) is 0 Å². The van der Waals surface area contributed by atoms with Gasteiger partial charge in [0.15, 0.2) is 0 Å². The first-order chi connectivity index (χ1) is 9.54. The predicted octanol–water partition coefficient (Wildman–Crippen LogP) is 4.27. The van der Waals surface area contributed by atoms with E-state index in [0.29, 0.717) is 28.5 Å². The molecule has 0 heterocycles. The molecule has 2 N–H and O–H groups in total. The second-order valence-electron chi connectivity index (χ2n) is 4.22. The van der Waals surface area contributed by atoms with Crippen LogP contribution in [0.5, 0.6) is 0 Å². The predicted molar refractivity (Wildman–Crippen MR) is 86.4 cm³/mol. The molecule has 0 spiro atoms. The number of anilines is 2. The van der Waals surface area contributed by atoms with Gasteiger partial charge in [0.25, 0.3) is 0 Å². The number of benzene rings is 2. The van der Waals surface area contributed by atoms with Crippen molar-refractivity contribution in [2.24, 2.45) is 5.73 Å². The number of rotatable bonds is 4. The Hall–Kier alpha value is -1.65. The number of hydrogen-bond acceptors (Lipinski definition) is 2. The SMILES string of the molecule is CCN(c1ccccc1F)c1cc(Cl)ccc1C(N)=S. The van der Waals surface area contributed by atoms with E-state index in [4.69, 9.17) is 29.6 Å². The summed E-state index contributed by atoms with van der Waals surface area (Å²) >= 11 is 11.1. The number of para-hydroxylation sites is 1. The first-order valence-electron chi connectivity index (χ1n) is 6.16. The number of hydrogen-bond donors (Lipinski definition) is 1. The lowest BCUT2D eigenvalue weighted by molar-refractivity contribution is 0.625. The maximum absolute atomic E-state index is 14.0. The number of nitrogens with two attached hydrogens (primary N) is 1. The summed E-state index contributed by atoms with van der Waals surface area (Å²) in [5, 5.41) is 0.551. The standard InChI is InChI=1S/C15H14ClFN2S/c1-2-19(13-6-4-3-5-12(13)17)14-9-10(16)7-8-11(14)15(18)20/h3-9H,2H2,1H3,(H2,18,20). The van der Waals surface area contributed by atoms with E-state index in [-0.39, 0.29) is 10.8 Å². The molecular weight excluding hydrogens is 295 g/mol. The Morgan fingerprint density at radius 2 is 1.95 bits per heavy atom. The Kier molecular flexibility index (Phi) is 4.57. The summed E-state index contributed by atoms with van der Waals surface area (Å²) in [4.78, 5) is 2.06. The van der Waals surface area contributed by atoms with Gasteiger partial charge in [0.2, 0.25) is 0 Å². The Morgan fingerprint density at radius 1 is 1.25 bits per heavy atom. The second kappa shape index (κ2) is 6.20. The maximum atomic E-state index is 14.0. The van der Waals surface area contributed by atoms with Crippen molar-refractivity contribution in [2.45, 2.75) is 6.92 Å². The third-order valence-corrected chi connectivity index (χ3v) is 3.43. The lowest BCUT2D eigenvalue weighted by Gasteiger charge is -2.26. The molecular formula is C15H14ClFN2S. The van der Waals surface area contributed by atoms with E-state index in [2.05, 4.69) is 0 Å². The van der Waals surface area contributed by atoms with Gasteiger partial charge in [-0.3, -0.25) is 0 Å². The molecule has 0 saturated heterocycles. The van der Waals surface area contributed by atoms with E-state index in [0.717, 1.165) is 0 Å². The van der Waals surface area contributed by atoms with Crippen LogP contribution in [0.4, 0.5) is 15.8 Å². The summed E-state index contributed by atoms with van der Waals surface area (Å²) in [7, 11) is 0. The lowest BCUT2D eigenvalue weighted by atomic mass is 10.1. The van der Waals surface area contributed by atoms with Gasteiger partial charge in [0, 0.05) is 17.1 Å². The van der Waals surface area contributed by atoms with Crippen LogP contribution in [0, 0.1) is 5.82 Å². The average Bonchev–Trinajstić information content (AvgIpc) is 2.41. The van der Waals surface area contributed by atoms with Crippen LogP contribution >= 0.6 is 23.8 Å². The molecule has 0 aromatic heterocycles. The van der Waals surface area contributed by atoms with Gasteiger partial charge in [-0.1, -0.05) is 36.0 Å². The van der Waals surface area contributed by atoms with E-state index in [9.17, 15) is 4.39 Å². The maximum Gasteiger partial charge on any atom is 0.146 e. The summed E-state index contributed by atoms with van der Waals surface area (Å²) < 4.78 is 14.0. The molecule has 0 atom stereocenters. The van der Waals surface area contributed by atoms with E-state index in [1.54, 1.807) is 41.3 Å². The lowest BCUT2D eigenvalue weighted by Crippen LogP contribution is -2.22. The smallest absolute Gasteiger partial charge is 0.146 e. The largest absolute Gasteiger partial charge is 0.389 e. The highest BCUT2D eigenvalue weighted by Gasteiger charge is 2.16. The zero-order chi connectivity index (χ0) is 14.7. The third-order valence-electron chi connectivity index (χ3n) is 2.98. The minimum Gasteiger partial charge on any atom is -0.389 e. The second-order valence-corrected chi connectivity index (χ2v) is 5.10. The van der Waals surface area contributed by atoms with E-state index < -0.39 is 0 Å². The van der Waals surface area contributed by atoms with Crippen LogP contribution in [0.15, 0.2) is 42.5 Å². The summed E-state index contributed by atoms with van der Waals surface area (Å²) in [6, 6.07) is 11.8. The van der Waals surface area contributed by atoms with E-state index in [1.807, 2.05) is 6.92 Å². The highest BCUT2D eigenvalue weighted by molar-refractivity contribution is 7.80. The van der Waals surface area contributed by atoms with Crippen molar-refractivity contribution in [3.05, 3.63) is 58.9 Å². The van der Waals surface area contributed by atoms with Crippen molar-refractivity contribution in [1.29, 1.82) is 0 Å². The van der Waals surface area contributed by atoms with Crippen LogP contribution in [0.1, 0.15) is 12.5 Å². The van der Waals surface area contributed by atoms with Crippen LogP contribution in [0.2, 0.25) is 5.02 Å². The Labute approximate surface area is 128 Å². The molecule has 0 unspecified atom stereocenters. The molecule has 0 aliphatic carbocycles. The highest BCUT2D eigenvalue weighted by atomic mass is 35.5. The fourth-order valence-corrected chi connectivity index (χ4v) is 2.42. The van der Waals surface area contributed by atoms with Crippen LogP contribution in [0.25, 0.3) is 0 Å². The van der Waals surface area contributed by atoms with Crippen LogP contribution < -0.4 is 10.6 Å². The molecule has 2 aromatic rings. The normalized spacial score (nSPS) is 10.3. The number of thiocarbonyl (C=S) groups is 1. The van der Waals surface area contributed by atoms with Gasteiger partial charge in [0.1, 0.15) is 10.8 Å². The monoisotopic (exact) mass is 308 g/mol. The molecule has 0 amide bonds. The van der Waals surface area contributed by atoms with Crippen molar-refractivity contribution >= 4 is 40.2 Å². The third kappa shape index (κ3) is 2.92. The van der Waals surface area contributed by atoms with Crippen molar-refractivity contribution in [3.8, 4) is 0 Å². The molecule has 0 aliphatic rings. The van der Waals surface area contributed by atoms with Gasteiger partial charge < -0.3 is 10.6 Å². The zero-order valence-corrected chi connectivity index (χ0v) is 12.5. The molecule has 20 heavy (non-hydrogen) atoms. The molecule has 0 fully saturated rings. The van der Waals surface area contributed by atoms with Gasteiger partial charge in [-0.25, -0.2) is 4.39 Å². The summed E-state index contributed by atoms with van der Waals surface area (Å²) in [6.45, 7) is 2.49. The van der Waals surface area contributed by atoms with Gasteiger partial charge >= 0.3 is 0 Å². The topological polar surface area (TPSA) is 29.3 Å². The summed E-state index contributed by atoms with van der Waals surface area (Å²) in [5.74, 6) is -0.303. The van der Waals surface area contributed by atoms with Crippen LogP contribution in [-0.4, -0.2) is 11.5 Å². The first kappa shape index (κ1) is 14.8. The average molecular weight is 309 g/mol. The van der Waals surface area contributed by atoms with Crippen LogP contribution in [0.3, 0.4) is 0 Å². The van der Waals surface area contributed by atoms with E-state index >= 15 is 0 Å². The van der Waals surface area contributed by atoms with Gasteiger partial charge in [-0.2, -0.15) is 0 Å². The Bertz CT molecular complexity index is 646. The summed E-state index contributed by atoms with van der Waals surface area (Å²) in [6.07, 6.45) is 0. The molecule has 0 aliphatic heterocycles. The minimum atomic E-state index is -0.303. The van der Waals surface area contributed by atoms with Gasteiger partial charge in [0.05, 0.1) is 11.4 Å². The minimum absolute atomic E-state index is 0.256. The van der Waals surface area contributed by atoms with E-state index in [1.165, 1.54) is 6.07 Å². The molecule has 0 bridgehead atoms. The van der Waals surface area contributed by atoms with Crippen molar-refractivity contribution in [2.75, 3.05) is 11.4 Å². The van der Waals surface area contributed by atoms with Crippen molar-refractivity contribution in [1.82, 2.24) is 0 Å². The summed E-state index contributed by atoms with van der Waals surface area (Å²) in [5.41, 5.74) is 7.59. The molecule has 2 nitrogen and oxygen atoms in total. The highest BCUT2D eigenvalue weighted by Crippen LogP contribution is 2.32. The first-order valence-corrected chi connectivity index (χ1v) is 6.94. The van der Waals surface area contributed by atoms with Gasteiger partial charge in [-0.05, 0) is 37.3 Å². The molecule has 2 rings (SSSR count). The number of nitrogens with zero attached hydrogens (tertiary/aromatic N) is 1. The quantitative estimate of drug-likeness (QED) is 0.855. The zero-order valence-electron chi connectivity index (χ0n) is 10.9. The molecule has 5 heteroatoms. The number of halogens is 2. The van der Waals surface area contributed by atoms with Gasteiger partial charge in [-0.15, -0.1) is 0 Å². The molecule has 104 valence electrons. The molecule has 0 radical (unpaired) electrons. The Morgan fingerprint density at radius 3 is 2.55 bits per heavy atom. The van der Waals surface area contributed by atoms with Crippen molar-refractivity contribution < 1.29 is 4.39 Å². The molecule has 2 aromatic carbocycles. The molecule has 0 saturated carbocycles. The fourth-order valence-electron chi connectivity index (χ4n) is 2.08. The van der Waals surface area contributed by atoms with Crippen molar-refractivity contribution in [3.63, 3.8) is 0 Å². The Balaban J connectivity index is 2.60.